The molecule has 0 saturated carbocycles. The lowest BCUT2D eigenvalue weighted by Crippen LogP contribution is -2.30. The first kappa shape index (κ1) is 19.9. The second kappa shape index (κ2) is 8.51. The molecule has 0 bridgehead atoms. The molecule has 0 unspecified atom stereocenters. The molecule has 150 valence electrons. The Kier molecular flexibility index (Phi) is 5.63. The second-order valence-corrected chi connectivity index (χ2v) is 8.01. The van der Waals surface area contributed by atoms with Crippen LogP contribution in [0.4, 0.5) is 5.69 Å². The van der Waals surface area contributed by atoms with E-state index in [2.05, 4.69) is 5.32 Å². The Morgan fingerprint density at radius 2 is 1.67 bits per heavy atom. The largest absolute Gasteiger partial charge is 0.448 e. The topological polar surface area (TPSA) is 55.4 Å². The molecule has 3 aromatic carbocycles. The average Bonchev–Trinajstić information content (AvgIpc) is 3.24. The fourth-order valence-corrected chi connectivity index (χ4v) is 4.06. The molecule has 1 N–H and O–H groups in total. The van der Waals surface area contributed by atoms with E-state index in [1.165, 1.54) is 11.3 Å². The lowest BCUT2D eigenvalue weighted by atomic mass is 10.1. The maximum absolute atomic E-state index is 12.8. The van der Waals surface area contributed by atoms with Crippen LogP contribution < -0.4 is 5.32 Å². The number of hydrogen-bond acceptors (Lipinski definition) is 4. The molecule has 5 heteroatoms. The van der Waals surface area contributed by atoms with E-state index in [-0.39, 0.29) is 5.91 Å². The van der Waals surface area contributed by atoms with Crippen molar-refractivity contribution in [3.63, 3.8) is 0 Å². The van der Waals surface area contributed by atoms with Crippen molar-refractivity contribution in [2.24, 2.45) is 0 Å². The van der Waals surface area contributed by atoms with Crippen molar-refractivity contribution in [3.8, 4) is 11.1 Å². The van der Waals surface area contributed by atoms with Crippen molar-refractivity contribution in [1.29, 1.82) is 0 Å². The minimum absolute atomic E-state index is 0.367. The normalized spacial score (nSPS) is 11.8. The highest BCUT2D eigenvalue weighted by atomic mass is 32.1. The van der Waals surface area contributed by atoms with Gasteiger partial charge in [0.25, 0.3) is 5.91 Å². The van der Waals surface area contributed by atoms with Crippen LogP contribution in [-0.4, -0.2) is 18.0 Å². The number of aryl methyl sites for hydroxylation is 1. The number of fused-ring (bicyclic) bond motifs is 1. The quantitative estimate of drug-likeness (QED) is 0.403. The van der Waals surface area contributed by atoms with Gasteiger partial charge in [0.1, 0.15) is 4.88 Å². The van der Waals surface area contributed by atoms with E-state index in [9.17, 15) is 9.59 Å². The molecule has 4 rings (SSSR count). The van der Waals surface area contributed by atoms with Gasteiger partial charge in [0.15, 0.2) is 6.10 Å². The Morgan fingerprint density at radius 1 is 0.933 bits per heavy atom. The first-order chi connectivity index (χ1) is 14.5. The standard InChI is InChI=1S/C25H21NO3S/c1-16-10-12-19(13-11-16)21-14-15-30-23(21)25(28)29-17(2)24(27)26-22-9-5-7-18-6-3-4-8-20(18)22/h3-15,17H,1-2H3,(H,26,27)/t17-/m1/s1. The molecule has 0 aliphatic heterocycles. The van der Waals surface area contributed by atoms with Crippen LogP contribution in [0.15, 0.2) is 78.2 Å². The number of benzene rings is 3. The summed E-state index contributed by atoms with van der Waals surface area (Å²) in [5, 5.41) is 6.69. The number of thiophene rings is 1. The lowest BCUT2D eigenvalue weighted by molar-refractivity contribution is -0.123. The van der Waals surface area contributed by atoms with Gasteiger partial charge in [-0.1, -0.05) is 66.2 Å². The van der Waals surface area contributed by atoms with Crippen LogP contribution in [0.25, 0.3) is 21.9 Å². The number of hydrogen-bond donors (Lipinski definition) is 1. The van der Waals surface area contributed by atoms with Gasteiger partial charge in [-0.05, 0) is 42.3 Å². The van der Waals surface area contributed by atoms with Crippen LogP contribution in [-0.2, 0) is 9.53 Å². The van der Waals surface area contributed by atoms with Gasteiger partial charge in [-0.2, -0.15) is 0 Å². The van der Waals surface area contributed by atoms with Crippen molar-refractivity contribution in [2.75, 3.05) is 5.32 Å². The maximum Gasteiger partial charge on any atom is 0.349 e. The summed E-state index contributed by atoms with van der Waals surface area (Å²) in [7, 11) is 0. The highest BCUT2D eigenvalue weighted by Gasteiger charge is 2.23. The maximum atomic E-state index is 12.8. The molecule has 0 spiro atoms. The van der Waals surface area contributed by atoms with Crippen molar-refractivity contribution >= 4 is 39.7 Å². The predicted octanol–water partition coefficient (Wildman–Crippen LogP) is 6.06. The molecule has 1 aromatic heterocycles. The molecule has 1 atom stereocenters. The molecule has 0 aliphatic rings. The molecule has 0 saturated heterocycles. The third-order valence-electron chi connectivity index (χ3n) is 4.91. The Morgan fingerprint density at radius 3 is 2.47 bits per heavy atom. The van der Waals surface area contributed by atoms with Gasteiger partial charge >= 0.3 is 5.97 Å². The molecule has 30 heavy (non-hydrogen) atoms. The van der Waals surface area contributed by atoms with Crippen LogP contribution in [0.2, 0.25) is 0 Å². The lowest BCUT2D eigenvalue weighted by Gasteiger charge is -2.15. The first-order valence-corrected chi connectivity index (χ1v) is 10.5. The van der Waals surface area contributed by atoms with Crippen molar-refractivity contribution < 1.29 is 14.3 Å². The molecular weight excluding hydrogens is 394 g/mol. The molecule has 0 radical (unpaired) electrons. The van der Waals surface area contributed by atoms with Gasteiger partial charge < -0.3 is 10.1 Å². The Bertz CT molecular complexity index is 1210. The van der Waals surface area contributed by atoms with Gasteiger partial charge in [-0.25, -0.2) is 4.79 Å². The van der Waals surface area contributed by atoms with Crippen LogP contribution in [0.1, 0.15) is 22.2 Å². The second-order valence-electron chi connectivity index (χ2n) is 7.09. The Labute approximate surface area is 179 Å². The van der Waals surface area contributed by atoms with E-state index in [0.717, 1.165) is 27.5 Å². The van der Waals surface area contributed by atoms with Crippen molar-refractivity contribution in [2.45, 2.75) is 20.0 Å². The van der Waals surface area contributed by atoms with Crippen LogP contribution in [0.3, 0.4) is 0 Å². The monoisotopic (exact) mass is 415 g/mol. The minimum Gasteiger partial charge on any atom is -0.448 e. The zero-order valence-corrected chi connectivity index (χ0v) is 17.5. The van der Waals surface area contributed by atoms with Crippen molar-refractivity contribution in [3.05, 3.63) is 88.6 Å². The smallest absolute Gasteiger partial charge is 0.349 e. The SMILES string of the molecule is Cc1ccc(-c2ccsc2C(=O)O[C@H](C)C(=O)Nc2cccc3ccccc23)cc1. The fraction of sp³-hybridized carbons (Fsp3) is 0.120. The first-order valence-electron chi connectivity index (χ1n) is 9.67. The fourth-order valence-electron chi connectivity index (χ4n) is 3.26. The number of nitrogens with one attached hydrogen (secondary N) is 1. The predicted molar refractivity (Wildman–Crippen MR) is 122 cm³/mol. The van der Waals surface area contributed by atoms with E-state index in [0.29, 0.717) is 10.6 Å². The summed E-state index contributed by atoms with van der Waals surface area (Å²) in [6.45, 7) is 3.60. The number of anilines is 1. The number of ether oxygens (including phenoxy) is 1. The molecule has 0 aliphatic carbocycles. The molecule has 1 heterocycles. The third kappa shape index (κ3) is 4.11. The summed E-state index contributed by atoms with van der Waals surface area (Å²) in [5.74, 6) is -0.866. The van der Waals surface area contributed by atoms with E-state index in [4.69, 9.17) is 4.74 Å². The summed E-state index contributed by atoms with van der Waals surface area (Å²) in [4.78, 5) is 25.9. The molecule has 0 fully saturated rings. The molecular formula is C25H21NO3S. The van der Waals surface area contributed by atoms with Gasteiger partial charge in [-0.15, -0.1) is 11.3 Å². The van der Waals surface area contributed by atoms with E-state index in [1.807, 2.05) is 85.1 Å². The molecule has 4 aromatic rings. The molecule has 1 amide bonds. The van der Waals surface area contributed by atoms with E-state index >= 15 is 0 Å². The van der Waals surface area contributed by atoms with Crippen LogP contribution >= 0.6 is 11.3 Å². The summed E-state index contributed by atoms with van der Waals surface area (Å²) in [5.41, 5.74) is 3.60. The zero-order chi connectivity index (χ0) is 21.1. The van der Waals surface area contributed by atoms with E-state index < -0.39 is 12.1 Å². The Balaban J connectivity index is 1.48. The zero-order valence-electron chi connectivity index (χ0n) is 16.7. The van der Waals surface area contributed by atoms with Gasteiger partial charge in [-0.3, -0.25) is 4.79 Å². The van der Waals surface area contributed by atoms with Crippen LogP contribution in [0, 0.1) is 6.92 Å². The number of amides is 1. The number of carbonyl (C=O) groups is 2. The highest BCUT2D eigenvalue weighted by molar-refractivity contribution is 7.12. The Hall–Kier alpha value is -3.44. The number of esters is 1. The highest BCUT2D eigenvalue weighted by Crippen LogP contribution is 2.30. The summed E-state index contributed by atoms with van der Waals surface area (Å²) in [6.07, 6.45) is -0.926. The molecule has 4 nitrogen and oxygen atoms in total. The van der Waals surface area contributed by atoms with Crippen LogP contribution in [0.5, 0.6) is 0 Å². The average molecular weight is 416 g/mol. The minimum atomic E-state index is -0.926. The van der Waals surface area contributed by atoms with Gasteiger partial charge in [0.05, 0.1) is 0 Å². The number of carbonyl (C=O) groups excluding carboxylic acids is 2. The van der Waals surface area contributed by atoms with Gasteiger partial charge in [0, 0.05) is 16.6 Å². The number of rotatable bonds is 5. The van der Waals surface area contributed by atoms with Gasteiger partial charge in [0.2, 0.25) is 0 Å². The summed E-state index contributed by atoms with van der Waals surface area (Å²) < 4.78 is 5.49. The van der Waals surface area contributed by atoms with E-state index in [1.54, 1.807) is 6.92 Å². The third-order valence-corrected chi connectivity index (χ3v) is 5.81. The van der Waals surface area contributed by atoms with Crippen molar-refractivity contribution in [1.82, 2.24) is 0 Å². The summed E-state index contributed by atoms with van der Waals surface area (Å²) in [6, 6.07) is 23.4. The summed E-state index contributed by atoms with van der Waals surface area (Å²) >= 11 is 1.31.